The molecule has 0 spiro atoms. The first kappa shape index (κ1) is 35.8. The van der Waals surface area contributed by atoms with E-state index in [-0.39, 0.29) is 10.8 Å². The van der Waals surface area contributed by atoms with E-state index in [9.17, 15) is 0 Å². The van der Waals surface area contributed by atoms with Crippen LogP contribution in [-0.4, -0.2) is 21.2 Å². The monoisotopic (exact) mass is 761 g/mol. The average molecular weight is 762 g/mol. The molecule has 0 unspecified atom stereocenters. The van der Waals surface area contributed by atoms with Crippen LogP contribution in [0, 0.1) is 13.8 Å². The first-order valence-corrected chi connectivity index (χ1v) is 20.1. The van der Waals surface area contributed by atoms with Crippen molar-refractivity contribution in [1.29, 1.82) is 0 Å². The van der Waals surface area contributed by atoms with Crippen LogP contribution in [0.3, 0.4) is 0 Å². The fraction of sp³-hybridized carbons (Fsp3) is 0.216. The van der Waals surface area contributed by atoms with Crippen LogP contribution in [0.25, 0.3) is 49.6 Å². The number of hydrogen-bond donors (Lipinski definition) is 0. The number of ether oxygens (including phenoxy) is 1. The zero-order chi connectivity index (χ0) is 40.1. The molecule has 0 saturated heterocycles. The van der Waals surface area contributed by atoms with Gasteiger partial charge in [-0.2, -0.15) is 0 Å². The van der Waals surface area contributed by atoms with Crippen LogP contribution in [-0.2, 0) is 10.8 Å². The molecule has 0 saturated carbocycles. The minimum absolute atomic E-state index is 0.0186. The van der Waals surface area contributed by atoms with E-state index >= 15 is 0 Å². The van der Waals surface area contributed by atoms with Crippen molar-refractivity contribution < 1.29 is 9.15 Å². The molecule has 0 atom stereocenters. The Kier molecular flexibility index (Phi) is 8.00. The van der Waals surface area contributed by atoms with E-state index in [0.717, 1.165) is 67.1 Å². The number of rotatable bonds is 5. The van der Waals surface area contributed by atoms with Crippen molar-refractivity contribution in [2.24, 2.45) is 0 Å². The number of nitrogens with zero attached hydrogens (tertiary/aromatic N) is 5. The Morgan fingerprint density at radius 3 is 2.07 bits per heavy atom. The molecule has 1 aliphatic heterocycles. The van der Waals surface area contributed by atoms with Crippen LogP contribution in [0.15, 0.2) is 132 Å². The third kappa shape index (κ3) is 5.79. The molecular formula is C51H47N5O2. The summed E-state index contributed by atoms with van der Waals surface area (Å²) in [4.78, 5) is 14.6. The molecule has 4 aromatic heterocycles. The minimum atomic E-state index is -0.0186. The van der Waals surface area contributed by atoms with Gasteiger partial charge in [-0.1, -0.05) is 90.1 Å². The molecule has 58 heavy (non-hydrogen) atoms. The summed E-state index contributed by atoms with van der Waals surface area (Å²) in [5, 5.41) is 4.40. The summed E-state index contributed by atoms with van der Waals surface area (Å²) in [5.41, 5.74) is 12.0. The second-order valence-corrected chi connectivity index (χ2v) is 17.8. The van der Waals surface area contributed by atoms with Crippen molar-refractivity contribution in [3.05, 3.63) is 150 Å². The summed E-state index contributed by atoms with van der Waals surface area (Å²) in [7, 11) is 0. The molecule has 9 aromatic rings. The topological polar surface area (TPSA) is 59.6 Å². The van der Waals surface area contributed by atoms with Crippen molar-refractivity contribution in [3.8, 4) is 17.3 Å². The summed E-state index contributed by atoms with van der Waals surface area (Å²) in [6.07, 6.45) is 3.80. The lowest BCUT2D eigenvalue weighted by Crippen LogP contribution is -2.26. The Morgan fingerprint density at radius 2 is 1.29 bits per heavy atom. The lowest BCUT2D eigenvalue weighted by atomic mass is 9.84. The summed E-state index contributed by atoms with van der Waals surface area (Å²) in [5.74, 6) is 3.21. The van der Waals surface area contributed by atoms with E-state index in [0.29, 0.717) is 12.4 Å². The summed E-state index contributed by atoms with van der Waals surface area (Å²) >= 11 is 0. The third-order valence-electron chi connectivity index (χ3n) is 11.7. The molecule has 7 nitrogen and oxygen atoms in total. The van der Waals surface area contributed by atoms with Gasteiger partial charge in [0, 0.05) is 46.8 Å². The molecule has 0 aliphatic carbocycles. The predicted octanol–water partition coefficient (Wildman–Crippen LogP) is 13.7. The Morgan fingerprint density at radius 1 is 0.569 bits per heavy atom. The van der Waals surface area contributed by atoms with Gasteiger partial charge in [-0.3, -0.25) is 4.57 Å². The Hall–Kier alpha value is -6.60. The van der Waals surface area contributed by atoms with E-state index in [2.05, 4.69) is 161 Å². The van der Waals surface area contributed by atoms with E-state index in [4.69, 9.17) is 19.1 Å². The highest BCUT2D eigenvalue weighted by molar-refractivity contribution is 6.14. The van der Waals surface area contributed by atoms with E-state index in [1.165, 1.54) is 33.3 Å². The fourth-order valence-electron chi connectivity index (χ4n) is 8.77. The van der Waals surface area contributed by atoms with Gasteiger partial charge < -0.3 is 19.0 Å². The molecule has 10 rings (SSSR count). The number of aromatic nitrogens is 3. The third-order valence-corrected chi connectivity index (χ3v) is 11.7. The zero-order valence-electron chi connectivity index (χ0n) is 34.4. The number of aryl methyl sites for hydroxylation is 2. The molecule has 1 aliphatic rings. The summed E-state index contributed by atoms with van der Waals surface area (Å²) in [6.45, 7) is 18.5. The second kappa shape index (κ2) is 13.0. The second-order valence-electron chi connectivity index (χ2n) is 17.8. The summed E-state index contributed by atoms with van der Waals surface area (Å²) in [6, 6.07) is 40.5. The molecule has 7 heteroatoms. The first-order valence-electron chi connectivity index (χ1n) is 20.1. The van der Waals surface area contributed by atoms with Gasteiger partial charge >= 0.3 is 0 Å². The van der Waals surface area contributed by atoms with Crippen LogP contribution >= 0.6 is 0 Å². The number of fused-ring (bicyclic) bond motifs is 7. The lowest BCUT2D eigenvalue weighted by molar-refractivity contribution is 0.483. The SMILES string of the molecule is Cc1cc(C(C)(C)C)cc(C)c1N1CN(c2cc(Oc3ccc4c5ccccc5n(-c5cc(C(C)(C)C)ccn5)c4c3)cc3oc4ccccc4c23)c2cccnc21. The fourth-order valence-corrected chi connectivity index (χ4v) is 8.77. The Bertz CT molecular complexity index is 3060. The highest BCUT2D eigenvalue weighted by Crippen LogP contribution is 2.50. The minimum Gasteiger partial charge on any atom is -0.457 e. The van der Waals surface area contributed by atoms with Crippen molar-refractivity contribution >= 4 is 66.6 Å². The lowest BCUT2D eigenvalue weighted by Gasteiger charge is -2.27. The molecule has 0 bridgehead atoms. The normalized spacial score (nSPS) is 13.4. The number of para-hydroxylation sites is 2. The number of hydrogen-bond acceptors (Lipinski definition) is 6. The van der Waals surface area contributed by atoms with Crippen LogP contribution in [0.5, 0.6) is 11.5 Å². The number of pyridine rings is 2. The molecule has 5 aromatic carbocycles. The predicted molar refractivity (Wildman–Crippen MR) is 239 cm³/mol. The van der Waals surface area contributed by atoms with Gasteiger partial charge in [0.25, 0.3) is 0 Å². The molecule has 0 fully saturated rings. The zero-order valence-corrected chi connectivity index (χ0v) is 34.4. The van der Waals surface area contributed by atoms with Crippen LogP contribution < -0.4 is 14.5 Å². The number of furan rings is 1. The maximum atomic E-state index is 6.89. The maximum absolute atomic E-state index is 6.89. The van der Waals surface area contributed by atoms with E-state index < -0.39 is 0 Å². The van der Waals surface area contributed by atoms with Gasteiger partial charge in [0.05, 0.1) is 33.5 Å². The Labute approximate surface area is 339 Å². The van der Waals surface area contributed by atoms with Crippen LogP contribution in [0.2, 0.25) is 0 Å². The van der Waals surface area contributed by atoms with Gasteiger partial charge in [-0.25, -0.2) is 9.97 Å². The maximum Gasteiger partial charge on any atom is 0.158 e. The van der Waals surface area contributed by atoms with Crippen molar-refractivity contribution in [1.82, 2.24) is 14.5 Å². The summed E-state index contributed by atoms with van der Waals surface area (Å²) < 4.78 is 15.7. The van der Waals surface area contributed by atoms with Crippen molar-refractivity contribution in [3.63, 3.8) is 0 Å². The molecule has 0 N–H and O–H groups in total. The van der Waals surface area contributed by atoms with Gasteiger partial charge in [0.2, 0.25) is 0 Å². The highest BCUT2D eigenvalue weighted by atomic mass is 16.5. The number of anilines is 4. The quantitative estimate of drug-likeness (QED) is 0.174. The Balaban J connectivity index is 1.11. The van der Waals surface area contributed by atoms with Crippen LogP contribution in [0.1, 0.15) is 63.8 Å². The molecule has 288 valence electrons. The molecule has 0 radical (unpaired) electrons. The van der Waals surface area contributed by atoms with Crippen molar-refractivity contribution in [2.45, 2.75) is 66.2 Å². The average Bonchev–Trinajstić information content (AvgIpc) is 3.86. The first-order chi connectivity index (χ1) is 27.8. The van der Waals surface area contributed by atoms with Gasteiger partial charge in [0.15, 0.2) is 5.82 Å². The molecule has 0 amide bonds. The van der Waals surface area contributed by atoms with Gasteiger partial charge in [-0.05, 0) is 95.5 Å². The number of benzene rings is 5. The molecular weight excluding hydrogens is 715 g/mol. The van der Waals surface area contributed by atoms with E-state index in [1.807, 2.05) is 36.7 Å². The largest absolute Gasteiger partial charge is 0.457 e. The highest BCUT2D eigenvalue weighted by Gasteiger charge is 2.33. The van der Waals surface area contributed by atoms with Gasteiger partial charge in [-0.15, -0.1) is 0 Å². The van der Waals surface area contributed by atoms with Crippen LogP contribution in [0.4, 0.5) is 22.9 Å². The standard InChI is InChI=1S/C51H47N5O2/c1-31-24-34(51(6,7)8)25-32(2)48(31)55-30-54(41-17-13-22-53-49(41)55)43-28-36(29-45-47(43)39-15-10-12-18-44(39)58-45)57-35-19-20-38-37-14-9-11-16-40(37)56(42(38)27-35)46-26-33(21-23-52-46)50(3,4)5/h9-29H,30H2,1-8H3. The van der Waals surface area contributed by atoms with Gasteiger partial charge in [0.1, 0.15) is 35.2 Å². The smallest absolute Gasteiger partial charge is 0.158 e. The molecule has 5 heterocycles. The van der Waals surface area contributed by atoms with E-state index in [1.54, 1.807) is 0 Å². The van der Waals surface area contributed by atoms with Crippen molar-refractivity contribution in [2.75, 3.05) is 16.5 Å².